The highest BCUT2D eigenvalue weighted by molar-refractivity contribution is 9.10. The smallest absolute Gasteiger partial charge is 0.0303 e. The molecule has 0 bridgehead atoms. The molecule has 1 aromatic rings. The van der Waals surface area contributed by atoms with Crippen molar-refractivity contribution in [3.8, 4) is 0 Å². The fourth-order valence-corrected chi connectivity index (χ4v) is 2.07. The minimum Gasteiger partial charge on any atom is -0.310 e. The lowest BCUT2D eigenvalue weighted by Gasteiger charge is -2.15. The van der Waals surface area contributed by atoms with Gasteiger partial charge in [-0.1, -0.05) is 39.7 Å². The molecule has 2 heteroatoms. The van der Waals surface area contributed by atoms with E-state index in [0.29, 0.717) is 6.04 Å². The quantitative estimate of drug-likeness (QED) is 0.794. The maximum Gasteiger partial charge on any atom is 0.0303 e. The molecule has 1 aromatic carbocycles. The first-order chi connectivity index (χ1) is 7.11. The lowest BCUT2D eigenvalue weighted by molar-refractivity contribution is 0.574. The van der Waals surface area contributed by atoms with Crippen molar-refractivity contribution >= 4 is 15.9 Å². The van der Waals surface area contributed by atoms with E-state index in [2.05, 4.69) is 59.9 Å². The largest absolute Gasteiger partial charge is 0.310 e. The Balaban J connectivity index is 2.50. The van der Waals surface area contributed by atoms with Gasteiger partial charge in [-0.15, -0.1) is 6.58 Å². The molecule has 0 saturated heterocycles. The molecule has 82 valence electrons. The summed E-state index contributed by atoms with van der Waals surface area (Å²) in [6.07, 6.45) is 1.04. The van der Waals surface area contributed by atoms with E-state index in [-0.39, 0.29) is 0 Å². The van der Waals surface area contributed by atoms with Crippen molar-refractivity contribution in [1.82, 2.24) is 5.32 Å². The van der Waals surface area contributed by atoms with Crippen LogP contribution in [0.5, 0.6) is 0 Å². The molecule has 0 heterocycles. The number of nitrogens with one attached hydrogen (secondary N) is 1. The molecule has 15 heavy (non-hydrogen) atoms. The average molecular weight is 268 g/mol. The van der Waals surface area contributed by atoms with E-state index >= 15 is 0 Å². The zero-order chi connectivity index (χ0) is 11.3. The van der Waals surface area contributed by atoms with Crippen LogP contribution in [0.25, 0.3) is 0 Å². The van der Waals surface area contributed by atoms with Crippen LogP contribution in [0, 0.1) is 0 Å². The van der Waals surface area contributed by atoms with Crippen molar-refractivity contribution < 1.29 is 0 Å². The van der Waals surface area contributed by atoms with Gasteiger partial charge in [0.25, 0.3) is 0 Å². The van der Waals surface area contributed by atoms with E-state index in [0.717, 1.165) is 13.0 Å². The average Bonchev–Trinajstić information content (AvgIpc) is 2.17. The van der Waals surface area contributed by atoms with Gasteiger partial charge in [0.1, 0.15) is 0 Å². The van der Waals surface area contributed by atoms with Gasteiger partial charge in [-0.2, -0.15) is 0 Å². The normalized spacial score (nSPS) is 12.5. The van der Waals surface area contributed by atoms with Gasteiger partial charge >= 0.3 is 0 Å². The van der Waals surface area contributed by atoms with Crippen molar-refractivity contribution in [1.29, 1.82) is 0 Å². The summed E-state index contributed by atoms with van der Waals surface area (Å²) in [5.74, 6) is 0. The molecular weight excluding hydrogens is 250 g/mol. The van der Waals surface area contributed by atoms with Gasteiger partial charge in [-0.05, 0) is 38.4 Å². The number of rotatable bonds is 5. The van der Waals surface area contributed by atoms with E-state index < -0.39 is 0 Å². The molecular formula is C13H18BrN. The Labute approximate surface area is 101 Å². The van der Waals surface area contributed by atoms with E-state index in [9.17, 15) is 0 Å². The summed E-state index contributed by atoms with van der Waals surface area (Å²) in [6.45, 7) is 9.12. The van der Waals surface area contributed by atoms with Crippen LogP contribution in [0.2, 0.25) is 0 Å². The number of benzene rings is 1. The van der Waals surface area contributed by atoms with Crippen LogP contribution in [0.15, 0.2) is 40.9 Å². The summed E-state index contributed by atoms with van der Waals surface area (Å²) < 4.78 is 1.17. The van der Waals surface area contributed by atoms with E-state index in [1.807, 2.05) is 6.07 Å². The molecule has 0 aliphatic carbocycles. The summed E-state index contributed by atoms with van der Waals surface area (Å²) in [5, 5.41) is 3.48. The van der Waals surface area contributed by atoms with Gasteiger partial charge in [0.15, 0.2) is 0 Å². The van der Waals surface area contributed by atoms with Crippen LogP contribution < -0.4 is 5.32 Å². The van der Waals surface area contributed by atoms with Gasteiger partial charge in [-0.3, -0.25) is 0 Å². The van der Waals surface area contributed by atoms with Crippen LogP contribution in [0.3, 0.4) is 0 Å². The lowest BCUT2D eigenvalue weighted by Crippen LogP contribution is -2.20. The monoisotopic (exact) mass is 267 g/mol. The van der Waals surface area contributed by atoms with E-state index in [1.54, 1.807) is 0 Å². The Morgan fingerprint density at radius 2 is 2.13 bits per heavy atom. The third kappa shape index (κ3) is 4.18. The first-order valence-corrected chi connectivity index (χ1v) is 6.02. The van der Waals surface area contributed by atoms with Gasteiger partial charge in [0.2, 0.25) is 0 Å². The zero-order valence-corrected chi connectivity index (χ0v) is 11.0. The molecule has 1 rings (SSSR count). The summed E-state index contributed by atoms with van der Waals surface area (Å²) >= 11 is 3.56. The molecule has 0 saturated carbocycles. The van der Waals surface area contributed by atoms with E-state index in [1.165, 1.54) is 15.6 Å². The highest BCUT2D eigenvalue weighted by Gasteiger charge is 2.06. The number of halogens is 1. The highest BCUT2D eigenvalue weighted by Crippen LogP contribution is 2.22. The predicted molar refractivity (Wildman–Crippen MR) is 70.0 cm³/mol. The SMILES string of the molecule is C=C(C)CCN[C@@H](C)c1ccccc1Br. The predicted octanol–water partition coefficient (Wildman–Crippen LogP) is 4.07. The number of hydrogen-bond acceptors (Lipinski definition) is 1. The Bertz CT molecular complexity index is 333. The van der Waals surface area contributed by atoms with Crippen LogP contribution >= 0.6 is 15.9 Å². The van der Waals surface area contributed by atoms with Crippen LogP contribution in [0.1, 0.15) is 31.9 Å². The molecule has 0 fully saturated rings. The summed E-state index contributed by atoms with van der Waals surface area (Å²) in [6, 6.07) is 8.69. The van der Waals surface area contributed by atoms with Crippen LogP contribution in [0.4, 0.5) is 0 Å². The Hall–Kier alpha value is -0.600. The second kappa shape index (κ2) is 6.09. The Morgan fingerprint density at radius 3 is 2.73 bits per heavy atom. The molecule has 1 nitrogen and oxygen atoms in total. The Morgan fingerprint density at radius 1 is 1.47 bits per heavy atom. The first-order valence-electron chi connectivity index (χ1n) is 5.23. The maximum absolute atomic E-state index is 3.89. The zero-order valence-electron chi connectivity index (χ0n) is 9.39. The number of hydrogen-bond donors (Lipinski definition) is 1. The fraction of sp³-hybridized carbons (Fsp3) is 0.385. The van der Waals surface area contributed by atoms with E-state index in [4.69, 9.17) is 0 Å². The van der Waals surface area contributed by atoms with Crippen molar-refractivity contribution in [2.24, 2.45) is 0 Å². The molecule has 1 N–H and O–H groups in total. The Kier molecular flexibility index (Phi) is 5.06. The summed E-state index contributed by atoms with van der Waals surface area (Å²) in [4.78, 5) is 0. The van der Waals surface area contributed by atoms with Crippen molar-refractivity contribution in [3.05, 3.63) is 46.5 Å². The molecule has 0 unspecified atom stereocenters. The first kappa shape index (κ1) is 12.5. The van der Waals surface area contributed by atoms with Gasteiger partial charge in [-0.25, -0.2) is 0 Å². The molecule has 0 aliphatic rings. The van der Waals surface area contributed by atoms with Gasteiger partial charge in [0.05, 0.1) is 0 Å². The van der Waals surface area contributed by atoms with Crippen LogP contribution in [-0.4, -0.2) is 6.54 Å². The molecule has 1 atom stereocenters. The molecule has 0 aliphatic heterocycles. The van der Waals surface area contributed by atoms with Crippen molar-refractivity contribution in [3.63, 3.8) is 0 Å². The lowest BCUT2D eigenvalue weighted by atomic mass is 10.1. The van der Waals surface area contributed by atoms with Crippen molar-refractivity contribution in [2.75, 3.05) is 6.54 Å². The minimum atomic E-state index is 0.375. The third-order valence-corrected chi connectivity index (χ3v) is 3.10. The molecule has 0 aromatic heterocycles. The van der Waals surface area contributed by atoms with Gasteiger partial charge in [0, 0.05) is 10.5 Å². The van der Waals surface area contributed by atoms with Gasteiger partial charge < -0.3 is 5.32 Å². The molecule has 0 radical (unpaired) electrons. The summed E-state index contributed by atoms with van der Waals surface area (Å²) in [7, 11) is 0. The standard InChI is InChI=1S/C13H18BrN/c1-10(2)8-9-15-11(3)12-6-4-5-7-13(12)14/h4-7,11,15H,1,8-9H2,2-3H3/t11-/m0/s1. The fourth-order valence-electron chi connectivity index (χ4n) is 1.44. The topological polar surface area (TPSA) is 12.0 Å². The molecule has 0 amide bonds. The minimum absolute atomic E-state index is 0.375. The van der Waals surface area contributed by atoms with Crippen molar-refractivity contribution in [2.45, 2.75) is 26.3 Å². The molecule has 0 spiro atoms. The summed E-state index contributed by atoms with van der Waals surface area (Å²) in [5.41, 5.74) is 2.53. The highest BCUT2D eigenvalue weighted by atomic mass is 79.9. The third-order valence-electron chi connectivity index (χ3n) is 2.37. The maximum atomic E-state index is 3.89. The van der Waals surface area contributed by atoms with Crippen LogP contribution in [-0.2, 0) is 0 Å². The second-order valence-corrected chi connectivity index (χ2v) is 4.76. The second-order valence-electron chi connectivity index (χ2n) is 3.90.